The van der Waals surface area contributed by atoms with Crippen LogP contribution in [-0.4, -0.2) is 117 Å². The first-order valence-electron chi connectivity index (χ1n) is 19.3. The van der Waals surface area contributed by atoms with Crippen LogP contribution < -0.4 is 5.32 Å². The van der Waals surface area contributed by atoms with E-state index in [1.54, 1.807) is 53.7 Å². The molecule has 316 valence electrons. The number of hydrogen-bond donors (Lipinski definition) is 4. The van der Waals surface area contributed by atoms with E-state index in [-0.39, 0.29) is 30.6 Å². The molecule has 0 aromatic rings. The summed E-state index contributed by atoms with van der Waals surface area (Å²) in [5, 5.41) is 39.5. The van der Waals surface area contributed by atoms with Crippen LogP contribution in [0.4, 0.5) is 4.79 Å². The van der Waals surface area contributed by atoms with Gasteiger partial charge in [-0.25, -0.2) is 9.59 Å². The van der Waals surface area contributed by atoms with Gasteiger partial charge < -0.3 is 49.1 Å². The molecule has 3 bridgehead atoms. The van der Waals surface area contributed by atoms with E-state index >= 15 is 4.79 Å². The van der Waals surface area contributed by atoms with Crippen LogP contribution >= 0.6 is 0 Å². The first-order valence-corrected chi connectivity index (χ1v) is 19.3. The number of aliphatic hydroxyl groups is 3. The molecule has 11 unspecified atom stereocenters. The van der Waals surface area contributed by atoms with Crippen molar-refractivity contribution >= 4 is 35.8 Å². The van der Waals surface area contributed by atoms with Gasteiger partial charge in [-0.2, -0.15) is 0 Å². The van der Waals surface area contributed by atoms with Crippen molar-refractivity contribution in [2.45, 2.75) is 161 Å². The fraction of sp³-hybridized carbons (Fsp3) is 0.707. The van der Waals surface area contributed by atoms with Gasteiger partial charge in [0.25, 0.3) is 0 Å². The number of amides is 1. The lowest BCUT2D eigenvalue weighted by Crippen LogP contribution is -2.82. The van der Waals surface area contributed by atoms with Crippen LogP contribution in [0.3, 0.4) is 0 Å². The highest BCUT2D eigenvalue weighted by atomic mass is 16.6. The van der Waals surface area contributed by atoms with Gasteiger partial charge >= 0.3 is 30.0 Å². The lowest BCUT2D eigenvalue weighted by atomic mass is 9.44. The molecular formula is C41H57NO15. The SMILES string of the molecule is CC(=O)OC1C(=O)C2(C)C(O)CC3OCC3(OC(C)=O)C2C2OC(=O)C/C=C/CC/C(C)=C\C(NC(=O)OC(C)(C)C)C(O)C(=O)OC3CC2(O)C(C)(C)C1=C3C. The summed E-state index contributed by atoms with van der Waals surface area (Å²) in [6, 6.07) is -1.34. The number of fused-ring (bicyclic) bond motifs is 6. The molecule has 16 nitrogen and oxygen atoms in total. The maximum atomic E-state index is 15.3. The fourth-order valence-corrected chi connectivity index (χ4v) is 9.46. The Bertz CT molecular complexity index is 1770. The molecule has 0 radical (unpaired) electrons. The number of carbonyl (C=O) groups is 6. The number of carbonyl (C=O) groups excluding carboxylic acids is 6. The second kappa shape index (κ2) is 15.6. The topological polar surface area (TPSA) is 231 Å². The van der Waals surface area contributed by atoms with Crippen LogP contribution in [0.2, 0.25) is 0 Å². The summed E-state index contributed by atoms with van der Waals surface area (Å²) in [4.78, 5) is 81.9. The second-order valence-corrected chi connectivity index (χ2v) is 17.7. The summed E-state index contributed by atoms with van der Waals surface area (Å²) in [5.74, 6) is -6.03. The molecular weight excluding hydrogens is 746 g/mol. The Morgan fingerprint density at radius 2 is 1.65 bits per heavy atom. The largest absolute Gasteiger partial charge is 0.459 e. The number of ketones is 1. The van der Waals surface area contributed by atoms with Crippen molar-refractivity contribution in [3.05, 3.63) is 34.9 Å². The first-order chi connectivity index (χ1) is 26.3. The van der Waals surface area contributed by atoms with E-state index in [0.29, 0.717) is 18.4 Å². The fourth-order valence-electron chi connectivity index (χ4n) is 9.46. The maximum Gasteiger partial charge on any atom is 0.408 e. The van der Waals surface area contributed by atoms with E-state index in [0.717, 1.165) is 13.8 Å². The summed E-state index contributed by atoms with van der Waals surface area (Å²) >= 11 is 0. The number of alkyl carbamates (subject to hydrolysis) is 1. The molecule has 2 saturated carbocycles. The number of nitrogens with one attached hydrogen (secondary N) is 1. The maximum absolute atomic E-state index is 15.3. The van der Waals surface area contributed by atoms with Gasteiger partial charge in [0, 0.05) is 32.1 Å². The predicted octanol–water partition coefficient (Wildman–Crippen LogP) is 2.83. The normalized spacial score (nSPS) is 39.8. The number of Topliss-reactive ketones (excluding diaryl/α,β-unsaturated/α-hetero) is 1. The number of ether oxygens (including phenoxy) is 6. The van der Waals surface area contributed by atoms with Crippen molar-refractivity contribution in [3.63, 3.8) is 0 Å². The molecule has 1 saturated heterocycles. The average molecular weight is 804 g/mol. The third-order valence-corrected chi connectivity index (χ3v) is 12.3. The van der Waals surface area contributed by atoms with Crippen molar-refractivity contribution in [2.24, 2.45) is 16.7 Å². The first kappa shape index (κ1) is 44.0. The summed E-state index contributed by atoms with van der Waals surface area (Å²) in [6.45, 7) is 14.7. The van der Waals surface area contributed by atoms with Gasteiger partial charge in [-0.1, -0.05) is 37.6 Å². The number of allylic oxidation sites excluding steroid dienone is 2. The Morgan fingerprint density at radius 3 is 2.23 bits per heavy atom. The van der Waals surface area contributed by atoms with E-state index in [1.807, 2.05) is 0 Å². The molecule has 57 heavy (non-hydrogen) atoms. The second-order valence-electron chi connectivity index (χ2n) is 17.7. The molecule has 16 heteroatoms. The van der Waals surface area contributed by atoms with E-state index in [4.69, 9.17) is 28.4 Å². The van der Waals surface area contributed by atoms with E-state index in [2.05, 4.69) is 5.32 Å². The van der Waals surface area contributed by atoms with Crippen LogP contribution in [0.15, 0.2) is 34.9 Å². The lowest BCUT2D eigenvalue weighted by molar-refractivity contribution is -0.347. The molecule has 2 heterocycles. The highest BCUT2D eigenvalue weighted by Gasteiger charge is 2.78. The van der Waals surface area contributed by atoms with Gasteiger partial charge in [0.1, 0.15) is 29.5 Å². The van der Waals surface area contributed by atoms with E-state index in [9.17, 15) is 39.3 Å². The zero-order valence-electron chi connectivity index (χ0n) is 34.3. The Kier molecular flexibility index (Phi) is 12.0. The molecule has 3 aliphatic carbocycles. The Hall–Kier alpha value is -4.12. The summed E-state index contributed by atoms with van der Waals surface area (Å²) < 4.78 is 35.3. The minimum Gasteiger partial charge on any atom is -0.459 e. The third-order valence-electron chi connectivity index (χ3n) is 12.3. The van der Waals surface area contributed by atoms with Gasteiger partial charge in [-0.15, -0.1) is 0 Å². The summed E-state index contributed by atoms with van der Waals surface area (Å²) in [7, 11) is 0. The van der Waals surface area contributed by atoms with Gasteiger partial charge in [-0.3, -0.25) is 19.2 Å². The summed E-state index contributed by atoms with van der Waals surface area (Å²) in [5.41, 5.74) is -7.72. The van der Waals surface area contributed by atoms with Crippen LogP contribution in [0.5, 0.6) is 0 Å². The van der Waals surface area contributed by atoms with Crippen molar-refractivity contribution in [1.29, 1.82) is 0 Å². The van der Waals surface area contributed by atoms with Gasteiger partial charge in [-0.05, 0) is 65.5 Å². The van der Waals surface area contributed by atoms with Crippen LogP contribution in [0, 0.1) is 16.7 Å². The number of rotatable bonds is 3. The van der Waals surface area contributed by atoms with Crippen LogP contribution in [0.25, 0.3) is 0 Å². The molecule has 0 aromatic carbocycles. The smallest absolute Gasteiger partial charge is 0.408 e. The van der Waals surface area contributed by atoms with Gasteiger partial charge in [0.2, 0.25) is 0 Å². The van der Waals surface area contributed by atoms with Gasteiger partial charge in [0.15, 0.2) is 23.6 Å². The molecule has 3 fully saturated rings. The highest BCUT2D eigenvalue weighted by molar-refractivity contribution is 5.95. The standard InChI is InChI=1S/C41H57NO15/c1-20-14-12-11-13-15-28(46)55-34-32-39(10,26(45)17-27-40(32,19-52-27)56-23(4)44)33(48)31(53-22(3)43)29-21(2)25(18-41(34,51)38(29,8)9)54-35(49)30(47)24(16-20)42-36(50)57-37(5,6)7/h11,13,16,24-27,30-32,34,45,47,51H,12,14-15,17-19H2,1-10H3,(H,42,50)/b13-11+,20-16-. The van der Waals surface area contributed by atoms with Crippen molar-refractivity contribution in [3.8, 4) is 0 Å². The van der Waals surface area contributed by atoms with Crippen LogP contribution in [0.1, 0.15) is 101 Å². The van der Waals surface area contributed by atoms with Crippen LogP contribution in [-0.2, 0) is 52.4 Å². The Labute approximate surface area is 332 Å². The minimum absolute atomic E-state index is 0.0159. The zero-order chi connectivity index (χ0) is 42.6. The van der Waals surface area contributed by atoms with Gasteiger partial charge in [0.05, 0.1) is 36.5 Å². The number of hydrogen-bond acceptors (Lipinski definition) is 15. The molecule has 11 atom stereocenters. The summed E-state index contributed by atoms with van der Waals surface area (Å²) in [6.07, 6.45) is -5.85. The molecule has 5 aliphatic rings. The average Bonchev–Trinajstić information content (AvgIpc) is 3.07. The van der Waals surface area contributed by atoms with Crippen molar-refractivity contribution in [2.75, 3.05) is 6.61 Å². The van der Waals surface area contributed by atoms with E-state index < -0.39 is 118 Å². The molecule has 0 aromatic heterocycles. The zero-order valence-corrected chi connectivity index (χ0v) is 34.3. The predicted molar refractivity (Wildman–Crippen MR) is 199 cm³/mol. The molecule has 2 aliphatic heterocycles. The Balaban J connectivity index is 1.76. The molecule has 1 amide bonds. The third kappa shape index (κ3) is 7.89. The monoisotopic (exact) mass is 803 g/mol. The Morgan fingerprint density at radius 1 is 0.982 bits per heavy atom. The molecule has 0 spiro atoms. The number of aliphatic hydroxyl groups excluding tert-OH is 2. The molecule has 5 rings (SSSR count). The van der Waals surface area contributed by atoms with Crippen molar-refractivity contribution < 1.29 is 72.5 Å². The highest BCUT2D eigenvalue weighted by Crippen LogP contribution is 2.64. The van der Waals surface area contributed by atoms with E-state index in [1.165, 1.54) is 19.9 Å². The lowest BCUT2D eigenvalue weighted by Gasteiger charge is -2.67. The quantitative estimate of drug-likeness (QED) is 0.183. The minimum atomic E-state index is -2.33. The van der Waals surface area contributed by atoms with Crippen molar-refractivity contribution in [1.82, 2.24) is 5.32 Å². The molecule has 4 N–H and O–H groups in total. The number of esters is 4.